The summed E-state index contributed by atoms with van der Waals surface area (Å²) >= 11 is 0. The van der Waals surface area contributed by atoms with Gasteiger partial charge in [-0.25, -0.2) is 4.98 Å². The molecule has 1 amide bonds. The molecule has 0 aliphatic carbocycles. The number of aromatic nitrogens is 1. The number of amides is 1. The number of primary amides is 1. The number of nitrogens with two attached hydrogens (primary N) is 1. The lowest BCUT2D eigenvalue weighted by atomic mass is 9.98. The Balaban J connectivity index is 1.79. The molecule has 0 fully saturated rings. The first-order chi connectivity index (χ1) is 15.5. The monoisotopic (exact) mass is 428 g/mol. The summed E-state index contributed by atoms with van der Waals surface area (Å²) in [5.41, 5.74) is 10.6. The van der Waals surface area contributed by atoms with Crippen LogP contribution in [0.1, 0.15) is 25.8 Å². The minimum atomic E-state index is -0.496. The molecule has 6 nitrogen and oxygen atoms in total. The zero-order chi connectivity index (χ0) is 22.7. The third kappa shape index (κ3) is 4.36. The summed E-state index contributed by atoms with van der Waals surface area (Å²) in [6.07, 6.45) is 0.820. The van der Waals surface area contributed by atoms with Crippen molar-refractivity contribution in [3.63, 3.8) is 0 Å². The summed E-state index contributed by atoms with van der Waals surface area (Å²) in [7, 11) is 0. The van der Waals surface area contributed by atoms with Crippen LogP contribution in [0.5, 0.6) is 0 Å². The number of benzene rings is 3. The number of fused-ring (bicyclic) bond motifs is 2. The highest BCUT2D eigenvalue weighted by atomic mass is 16.3. The molecule has 4 aromatic rings. The molecule has 4 rings (SSSR count). The van der Waals surface area contributed by atoms with Crippen molar-refractivity contribution in [2.75, 3.05) is 10.6 Å². The van der Waals surface area contributed by atoms with Gasteiger partial charge in [0, 0.05) is 22.1 Å². The molecule has 1 heterocycles. The summed E-state index contributed by atoms with van der Waals surface area (Å²) in [6.45, 7) is 3.90. The normalized spacial score (nSPS) is 13.1. The van der Waals surface area contributed by atoms with Gasteiger partial charge in [0.05, 0.1) is 23.3 Å². The lowest BCUT2D eigenvalue weighted by Gasteiger charge is -2.23. The number of para-hydroxylation sites is 2. The molecular formula is C26H28N4O2. The van der Waals surface area contributed by atoms with Crippen molar-refractivity contribution >= 4 is 44.8 Å². The van der Waals surface area contributed by atoms with E-state index in [0.717, 1.165) is 50.9 Å². The lowest BCUT2D eigenvalue weighted by Crippen LogP contribution is -2.40. The van der Waals surface area contributed by atoms with Crippen molar-refractivity contribution in [2.45, 2.75) is 32.9 Å². The summed E-state index contributed by atoms with van der Waals surface area (Å²) in [5.74, 6) is -0.316. The number of aliphatic hydroxyl groups excluding tert-OH is 1. The molecule has 0 bridgehead atoms. The van der Waals surface area contributed by atoms with Crippen molar-refractivity contribution in [3.8, 4) is 0 Å². The molecule has 0 aliphatic heterocycles. The molecule has 2 atom stereocenters. The first-order valence-electron chi connectivity index (χ1n) is 10.8. The first kappa shape index (κ1) is 21.6. The van der Waals surface area contributed by atoms with Gasteiger partial charge in [-0.15, -0.1) is 0 Å². The van der Waals surface area contributed by atoms with E-state index in [-0.39, 0.29) is 12.5 Å². The van der Waals surface area contributed by atoms with Crippen molar-refractivity contribution in [1.82, 2.24) is 4.98 Å². The van der Waals surface area contributed by atoms with Crippen LogP contribution in [0.15, 0.2) is 66.7 Å². The maximum absolute atomic E-state index is 12.0. The number of carbonyl (C=O) groups excluding carboxylic acids is 1. The molecule has 0 spiro atoms. The van der Waals surface area contributed by atoms with Crippen molar-refractivity contribution in [3.05, 3.63) is 72.3 Å². The average molecular weight is 429 g/mol. The molecular weight excluding hydrogens is 400 g/mol. The second-order valence-electron chi connectivity index (χ2n) is 8.13. The third-order valence-electron chi connectivity index (χ3n) is 5.87. The van der Waals surface area contributed by atoms with Crippen molar-refractivity contribution in [1.29, 1.82) is 0 Å². The van der Waals surface area contributed by atoms with Crippen LogP contribution < -0.4 is 16.4 Å². The van der Waals surface area contributed by atoms with Crippen LogP contribution in [-0.4, -0.2) is 22.0 Å². The number of rotatable bonds is 8. The Morgan fingerprint density at radius 2 is 1.59 bits per heavy atom. The average Bonchev–Trinajstić information content (AvgIpc) is 2.81. The van der Waals surface area contributed by atoms with E-state index < -0.39 is 11.9 Å². The number of aliphatic hydroxyl groups is 1. The molecule has 0 saturated carbocycles. The molecule has 0 saturated heterocycles. The smallest absolute Gasteiger partial charge is 0.240 e. The summed E-state index contributed by atoms with van der Waals surface area (Å²) in [5, 5.41) is 18.7. The Morgan fingerprint density at radius 1 is 1.00 bits per heavy atom. The van der Waals surface area contributed by atoms with Crippen LogP contribution >= 0.6 is 0 Å². The van der Waals surface area contributed by atoms with Crippen LogP contribution in [0.25, 0.3) is 21.8 Å². The Kier molecular flexibility index (Phi) is 6.23. The van der Waals surface area contributed by atoms with Gasteiger partial charge in [-0.2, -0.15) is 0 Å². The zero-order valence-electron chi connectivity index (χ0n) is 18.3. The van der Waals surface area contributed by atoms with Gasteiger partial charge in [-0.05, 0) is 41.8 Å². The highest BCUT2D eigenvalue weighted by Gasteiger charge is 2.21. The van der Waals surface area contributed by atoms with E-state index >= 15 is 0 Å². The topological polar surface area (TPSA) is 100 Å². The molecule has 0 radical (unpaired) electrons. The molecule has 1 aromatic heterocycles. The first-order valence-corrected chi connectivity index (χ1v) is 10.8. The van der Waals surface area contributed by atoms with E-state index in [9.17, 15) is 9.90 Å². The van der Waals surface area contributed by atoms with Crippen molar-refractivity contribution < 1.29 is 9.90 Å². The number of hydrogen-bond donors (Lipinski definition) is 4. The van der Waals surface area contributed by atoms with E-state index in [1.54, 1.807) is 0 Å². The number of nitrogens with one attached hydrogen (secondary N) is 2. The van der Waals surface area contributed by atoms with Gasteiger partial charge in [0.1, 0.15) is 6.04 Å². The molecule has 0 unspecified atom stereocenters. The van der Waals surface area contributed by atoms with Gasteiger partial charge < -0.3 is 21.5 Å². The number of carbonyl (C=O) groups is 1. The number of anilines is 3. The van der Waals surface area contributed by atoms with Gasteiger partial charge in [-0.3, -0.25) is 4.79 Å². The SMILES string of the molecule is CC[C@H](C)[C@H](Nc1cc(CO)cc(Nc2c3ccccc3nc3ccccc23)c1)C(N)=O. The lowest BCUT2D eigenvalue weighted by molar-refractivity contribution is -0.119. The minimum Gasteiger partial charge on any atom is -0.392 e. The third-order valence-corrected chi connectivity index (χ3v) is 5.87. The highest BCUT2D eigenvalue weighted by Crippen LogP contribution is 2.34. The summed E-state index contributed by atoms with van der Waals surface area (Å²) in [4.78, 5) is 16.8. The van der Waals surface area contributed by atoms with Gasteiger partial charge >= 0.3 is 0 Å². The fourth-order valence-corrected chi connectivity index (χ4v) is 3.97. The summed E-state index contributed by atoms with van der Waals surface area (Å²) < 4.78 is 0. The Morgan fingerprint density at radius 3 is 2.16 bits per heavy atom. The largest absolute Gasteiger partial charge is 0.392 e. The van der Waals surface area contributed by atoms with E-state index in [1.165, 1.54) is 0 Å². The molecule has 3 aromatic carbocycles. The fourth-order valence-electron chi connectivity index (χ4n) is 3.97. The van der Waals surface area contributed by atoms with Crippen LogP contribution in [0, 0.1) is 5.92 Å². The Bertz CT molecular complexity index is 1220. The van der Waals surface area contributed by atoms with Gasteiger partial charge in [-0.1, -0.05) is 56.7 Å². The Labute approximate surface area is 187 Å². The van der Waals surface area contributed by atoms with E-state index in [4.69, 9.17) is 10.7 Å². The second-order valence-corrected chi connectivity index (χ2v) is 8.13. The fraction of sp³-hybridized carbons (Fsp3) is 0.231. The molecule has 5 N–H and O–H groups in total. The zero-order valence-corrected chi connectivity index (χ0v) is 18.3. The maximum Gasteiger partial charge on any atom is 0.240 e. The van der Waals surface area contributed by atoms with E-state index in [2.05, 4.69) is 10.6 Å². The second kappa shape index (κ2) is 9.24. The number of pyridine rings is 1. The molecule has 0 aliphatic rings. The summed E-state index contributed by atoms with van der Waals surface area (Å²) in [6, 6.07) is 21.2. The predicted octanol–water partition coefficient (Wildman–Crippen LogP) is 4.94. The molecule has 164 valence electrons. The van der Waals surface area contributed by atoms with Gasteiger partial charge in [0.2, 0.25) is 5.91 Å². The van der Waals surface area contributed by atoms with Crippen LogP contribution in [0.2, 0.25) is 0 Å². The van der Waals surface area contributed by atoms with Gasteiger partial charge in [0.25, 0.3) is 0 Å². The van der Waals surface area contributed by atoms with Crippen LogP contribution in [0.3, 0.4) is 0 Å². The van der Waals surface area contributed by atoms with E-state index in [0.29, 0.717) is 0 Å². The predicted molar refractivity (Wildman–Crippen MR) is 131 cm³/mol. The number of nitrogens with zero attached hydrogens (tertiary/aromatic N) is 1. The maximum atomic E-state index is 12.0. The van der Waals surface area contributed by atoms with Crippen LogP contribution in [-0.2, 0) is 11.4 Å². The van der Waals surface area contributed by atoms with E-state index in [1.807, 2.05) is 80.6 Å². The Hall–Kier alpha value is -3.64. The quantitative estimate of drug-likeness (QED) is 0.298. The highest BCUT2D eigenvalue weighted by molar-refractivity contribution is 6.08. The van der Waals surface area contributed by atoms with Gasteiger partial charge in [0.15, 0.2) is 0 Å². The molecule has 6 heteroatoms. The number of hydrogen-bond acceptors (Lipinski definition) is 5. The minimum absolute atomic E-state index is 0.0785. The molecule has 32 heavy (non-hydrogen) atoms. The van der Waals surface area contributed by atoms with Crippen LogP contribution in [0.4, 0.5) is 17.1 Å². The van der Waals surface area contributed by atoms with Crippen molar-refractivity contribution in [2.24, 2.45) is 11.7 Å². The standard InChI is InChI=1S/C26H28N4O2/c1-3-16(2)24(26(27)32)28-18-12-17(15-31)13-19(14-18)29-25-20-8-4-6-10-22(20)30-23-11-7-5-9-21(23)25/h4-14,16,24,28,31H,3,15H2,1-2H3,(H2,27,32)(H,29,30)/t16-,24-/m0/s1.